The van der Waals surface area contributed by atoms with Crippen molar-refractivity contribution in [3.05, 3.63) is 31.4 Å². The van der Waals surface area contributed by atoms with Crippen LogP contribution in [0.25, 0.3) is 5.95 Å². The first kappa shape index (κ1) is 11.0. The van der Waals surface area contributed by atoms with Crippen LogP contribution < -0.4 is 16.0 Å². The molecule has 0 aromatic carbocycles. The average molecular weight is 233 g/mol. The molecule has 2 rings (SSSR count). The van der Waals surface area contributed by atoms with Gasteiger partial charge in [-0.3, -0.25) is 9.99 Å². The first-order valence-electron chi connectivity index (χ1n) is 4.78. The SMILES string of the molecule is C=CCOc1nc(NN)nc(-n2ccnc2)n1. The van der Waals surface area contributed by atoms with Gasteiger partial charge >= 0.3 is 6.01 Å². The number of nitrogens with one attached hydrogen (secondary N) is 1. The third-order valence-corrected chi connectivity index (χ3v) is 1.80. The van der Waals surface area contributed by atoms with Crippen LogP contribution in [0.1, 0.15) is 0 Å². The van der Waals surface area contributed by atoms with Crippen molar-refractivity contribution in [3.63, 3.8) is 0 Å². The van der Waals surface area contributed by atoms with Gasteiger partial charge < -0.3 is 4.74 Å². The van der Waals surface area contributed by atoms with E-state index in [0.717, 1.165) is 0 Å². The molecule has 0 aliphatic carbocycles. The highest BCUT2D eigenvalue weighted by molar-refractivity contribution is 5.28. The van der Waals surface area contributed by atoms with Crippen LogP contribution in [-0.4, -0.2) is 31.1 Å². The molecule has 2 aromatic heterocycles. The Hall–Kier alpha value is -2.48. The Morgan fingerprint density at radius 2 is 2.35 bits per heavy atom. The summed E-state index contributed by atoms with van der Waals surface area (Å²) in [6.45, 7) is 3.84. The van der Waals surface area contributed by atoms with Crippen molar-refractivity contribution in [2.45, 2.75) is 0 Å². The van der Waals surface area contributed by atoms with Crippen molar-refractivity contribution < 1.29 is 4.74 Å². The second-order valence-corrected chi connectivity index (χ2v) is 2.96. The number of hydrazine groups is 1. The number of rotatable bonds is 5. The number of nitrogens with zero attached hydrogens (tertiary/aromatic N) is 5. The van der Waals surface area contributed by atoms with E-state index in [9.17, 15) is 0 Å². The zero-order chi connectivity index (χ0) is 12.1. The lowest BCUT2D eigenvalue weighted by Crippen LogP contribution is -2.14. The van der Waals surface area contributed by atoms with Crippen molar-refractivity contribution in [3.8, 4) is 12.0 Å². The average Bonchev–Trinajstić information content (AvgIpc) is 2.89. The van der Waals surface area contributed by atoms with Crippen LogP contribution in [0.5, 0.6) is 6.01 Å². The van der Waals surface area contributed by atoms with Crippen LogP contribution >= 0.6 is 0 Å². The molecule has 0 aliphatic rings. The number of imidazole rings is 1. The molecular weight excluding hydrogens is 222 g/mol. The van der Waals surface area contributed by atoms with E-state index in [2.05, 4.69) is 31.9 Å². The molecule has 17 heavy (non-hydrogen) atoms. The Morgan fingerprint density at radius 3 is 3.00 bits per heavy atom. The maximum Gasteiger partial charge on any atom is 0.323 e. The molecular formula is C9H11N7O. The fourth-order valence-electron chi connectivity index (χ4n) is 1.10. The monoisotopic (exact) mass is 233 g/mol. The largest absolute Gasteiger partial charge is 0.459 e. The lowest BCUT2D eigenvalue weighted by Gasteiger charge is -2.06. The fraction of sp³-hybridized carbons (Fsp3) is 0.111. The van der Waals surface area contributed by atoms with Gasteiger partial charge in [-0.15, -0.1) is 0 Å². The zero-order valence-electron chi connectivity index (χ0n) is 8.95. The van der Waals surface area contributed by atoms with E-state index in [1.807, 2.05) is 0 Å². The van der Waals surface area contributed by atoms with Gasteiger partial charge in [-0.05, 0) is 0 Å². The van der Waals surface area contributed by atoms with Gasteiger partial charge in [-0.1, -0.05) is 12.7 Å². The van der Waals surface area contributed by atoms with Crippen molar-refractivity contribution >= 4 is 5.95 Å². The minimum Gasteiger partial charge on any atom is -0.459 e. The summed E-state index contributed by atoms with van der Waals surface area (Å²) in [7, 11) is 0. The molecule has 0 atom stereocenters. The van der Waals surface area contributed by atoms with Gasteiger partial charge in [0.15, 0.2) is 0 Å². The molecule has 0 fully saturated rings. The number of hydrogen-bond donors (Lipinski definition) is 2. The number of nitrogens with two attached hydrogens (primary N) is 1. The third-order valence-electron chi connectivity index (χ3n) is 1.80. The predicted octanol–water partition coefficient (Wildman–Crippen LogP) is -0.0923. The number of aromatic nitrogens is 5. The number of nitrogen functional groups attached to an aromatic ring is 1. The smallest absolute Gasteiger partial charge is 0.323 e. The lowest BCUT2D eigenvalue weighted by molar-refractivity contribution is 0.332. The molecule has 0 amide bonds. The molecule has 0 bridgehead atoms. The number of anilines is 1. The summed E-state index contributed by atoms with van der Waals surface area (Å²) in [6, 6.07) is 0.163. The van der Waals surface area contributed by atoms with Crippen LogP contribution in [0.3, 0.4) is 0 Å². The Morgan fingerprint density at radius 1 is 1.47 bits per heavy atom. The van der Waals surface area contributed by atoms with Crippen LogP contribution in [0, 0.1) is 0 Å². The highest BCUT2D eigenvalue weighted by Crippen LogP contribution is 2.09. The molecule has 0 unspecified atom stereocenters. The van der Waals surface area contributed by atoms with Gasteiger partial charge in [-0.2, -0.15) is 15.0 Å². The van der Waals surface area contributed by atoms with Crippen LogP contribution in [0.4, 0.5) is 5.95 Å². The molecule has 0 aliphatic heterocycles. The third kappa shape index (κ3) is 2.55. The first-order chi connectivity index (χ1) is 8.33. The molecule has 0 radical (unpaired) electrons. The predicted molar refractivity (Wildman–Crippen MR) is 60.5 cm³/mol. The summed E-state index contributed by atoms with van der Waals surface area (Å²) in [4.78, 5) is 16.0. The second-order valence-electron chi connectivity index (χ2n) is 2.96. The Balaban J connectivity index is 2.35. The van der Waals surface area contributed by atoms with E-state index in [1.54, 1.807) is 29.4 Å². The molecule has 0 saturated heterocycles. The van der Waals surface area contributed by atoms with Crippen LogP contribution in [-0.2, 0) is 0 Å². The van der Waals surface area contributed by atoms with Crippen molar-refractivity contribution in [1.82, 2.24) is 24.5 Å². The lowest BCUT2D eigenvalue weighted by atomic mass is 10.7. The van der Waals surface area contributed by atoms with E-state index in [4.69, 9.17) is 10.6 Å². The Labute approximate surface area is 97.2 Å². The molecule has 2 aromatic rings. The molecule has 0 spiro atoms. The highest BCUT2D eigenvalue weighted by Gasteiger charge is 2.07. The van der Waals surface area contributed by atoms with Gasteiger partial charge in [0.25, 0.3) is 0 Å². The summed E-state index contributed by atoms with van der Waals surface area (Å²) < 4.78 is 6.84. The molecule has 3 N–H and O–H groups in total. The number of hydrogen-bond acceptors (Lipinski definition) is 7. The van der Waals surface area contributed by atoms with E-state index in [1.165, 1.54) is 0 Å². The maximum absolute atomic E-state index is 5.27. The molecule has 0 saturated carbocycles. The van der Waals surface area contributed by atoms with Crippen LogP contribution in [0.15, 0.2) is 31.4 Å². The van der Waals surface area contributed by atoms with Crippen molar-refractivity contribution in [2.24, 2.45) is 5.84 Å². The summed E-state index contributed by atoms with van der Waals surface area (Å²) in [5.41, 5.74) is 2.34. The van der Waals surface area contributed by atoms with E-state index < -0.39 is 0 Å². The van der Waals surface area contributed by atoms with Gasteiger partial charge in [0.1, 0.15) is 12.9 Å². The Bertz CT molecular complexity index is 496. The van der Waals surface area contributed by atoms with E-state index >= 15 is 0 Å². The minimum absolute atomic E-state index is 0.163. The normalized spacial score (nSPS) is 9.94. The topological polar surface area (TPSA) is 104 Å². The summed E-state index contributed by atoms with van der Waals surface area (Å²) in [5.74, 6) is 5.84. The summed E-state index contributed by atoms with van der Waals surface area (Å²) >= 11 is 0. The first-order valence-corrected chi connectivity index (χ1v) is 4.78. The molecule has 88 valence electrons. The van der Waals surface area contributed by atoms with E-state index in [0.29, 0.717) is 12.6 Å². The molecule has 8 nitrogen and oxygen atoms in total. The maximum atomic E-state index is 5.27. The van der Waals surface area contributed by atoms with Crippen molar-refractivity contribution in [2.75, 3.05) is 12.0 Å². The fourth-order valence-corrected chi connectivity index (χ4v) is 1.10. The van der Waals surface area contributed by atoms with Gasteiger partial charge in [0.05, 0.1) is 0 Å². The van der Waals surface area contributed by atoms with Crippen molar-refractivity contribution in [1.29, 1.82) is 0 Å². The summed E-state index contributed by atoms with van der Waals surface area (Å²) in [5, 5.41) is 0. The summed E-state index contributed by atoms with van der Waals surface area (Å²) in [6.07, 6.45) is 6.47. The minimum atomic E-state index is 0.163. The standard InChI is InChI=1S/C9H11N7O/c1-2-5-17-9-13-7(15-10)12-8(14-9)16-4-3-11-6-16/h2-4,6H,1,5,10H2,(H,12,13,14,15). The quantitative estimate of drug-likeness (QED) is 0.422. The second kappa shape index (κ2) is 5.03. The van der Waals surface area contributed by atoms with Crippen LogP contribution in [0.2, 0.25) is 0 Å². The highest BCUT2D eigenvalue weighted by atomic mass is 16.5. The number of ether oxygens (including phenoxy) is 1. The Kier molecular flexibility index (Phi) is 3.26. The zero-order valence-corrected chi connectivity index (χ0v) is 8.95. The van der Waals surface area contributed by atoms with E-state index in [-0.39, 0.29) is 12.0 Å². The van der Waals surface area contributed by atoms with Gasteiger partial charge in [0.2, 0.25) is 11.9 Å². The molecule has 8 heteroatoms. The molecule has 2 heterocycles. The van der Waals surface area contributed by atoms with Gasteiger partial charge in [0, 0.05) is 12.4 Å². The van der Waals surface area contributed by atoms with Gasteiger partial charge in [-0.25, -0.2) is 10.8 Å².